The number of aromatic nitrogens is 1. The molecule has 0 spiro atoms. The van der Waals surface area contributed by atoms with Crippen molar-refractivity contribution in [2.24, 2.45) is 0 Å². The van der Waals surface area contributed by atoms with E-state index in [0.717, 1.165) is 38.7 Å². The second-order valence-electron chi connectivity index (χ2n) is 6.11. The number of carbonyl (C=O) groups excluding carboxylic acids is 1. The first-order chi connectivity index (χ1) is 12.5. The van der Waals surface area contributed by atoms with Gasteiger partial charge in [-0.05, 0) is 42.7 Å². The molecule has 0 atom stereocenters. The maximum Gasteiger partial charge on any atom is 0.245 e. The van der Waals surface area contributed by atoms with Gasteiger partial charge in [-0.25, -0.2) is 4.98 Å². The van der Waals surface area contributed by atoms with E-state index in [2.05, 4.69) is 15.6 Å². The van der Waals surface area contributed by atoms with Crippen molar-refractivity contribution in [3.8, 4) is 0 Å². The first-order valence-electron chi connectivity index (χ1n) is 8.30. The molecule has 3 aromatic rings. The number of benzene rings is 2. The van der Waals surface area contributed by atoms with Crippen LogP contribution >= 0.6 is 22.9 Å². The van der Waals surface area contributed by atoms with E-state index in [0.29, 0.717) is 5.13 Å². The van der Waals surface area contributed by atoms with Crippen molar-refractivity contribution in [1.29, 1.82) is 0 Å². The summed E-state index contributed by atoms with van der Waals surface area (Å²) in [6.45, 7) is 4.25. The molecule has 6 heteroatoms. The van der Waals surface area contributed by atoms with Gasteiger partial charge in [-0.2, -0.15) is 0 Å². The number of rotatable bonds is 6. The zero-order valence-electron chi connectivity index (χ0n) is 14.7. The molecule has 0 unspecified atom stereocenters. The molecule has 2 N–H and O–H groups in total. The van der Waals surface area contributed by atoms with Crippen molar-refractivity contribution in [3.05, 3.63) is 75.3 Å². The van der Waals surface area contributed by atoms with E-state index in [1.807, 2.05) is 56.3 Å². The van der Waals surface area contributed by atoms with Crippen molar-refractivity contribution in [2.45, 2.75) is 20.3 Å². The number of hydrogen-bond donors (Lipinski definition) is 2. The van der Waals surface area contributed by atoms with Crippen molar-refractivity contribution >= 4 is 39.7 Å². The van der Waals surface area contributed by atoms with Gasteiger partial charge in [-0.1, -0.05) is 41.9 Å². The predicted molar refractivity (Wildman–Crippen MR) is 109 cm³/mol. The van der Waals surface area contributed by atoms with Crippen LogP contribution in [-0.4, -0.2) is 17.4 Å². The molecule has 0 aliphatic heterocycles. The van der Waals surface area contributed by atoms with Crippen LogP contribution in [-0.2, 0) is 11.2 Å². The Morgan fingerprint density at radius 3 is 2.62 bits per heavy atom. The Morgan fingerprint density at radius 2 is 1.88 bits per heavy atom. The lowest BCUT2D eigenvalue weighted by Gasteiger charge is -2.11. The predicted octanol–water partition coefficient (Wildman–Crippen LogP) is 5.05. The molecule has 0 aliphatic carbocycles. The molecule has 26 heavy (non-hydrogen) atoms. The number of thiazole rings is 1. The van der Waals surface area contributed by atoms with Crippen molar-refractivity contribution < 1.29 is 4.79 Å². The molecule has 1 amide bonds. The van der Waals surface area contributed by atoms with Gasteiger partial charge in [-0.15, -0.1) is 11.3 Å². The molecule has 0 saturated heterocycles. The second-order valence-corrected chi connectivity index (χ2v) is 7.66. The molecule has 0 fully saturated rings. The zero-order valence-corrected chi connectivity index (χ0v) is 16.2. The van der Waals surface area contributed by atoms with E-state index in [9.17, 15) is 4.79 Å². The number of halogens is 1. The fourth-order valence-electron chi connectivity index (χ4n) is 2.72. The number of nitrogens with zero attached hydrogens (tertiary/aromatic N) is 1. The standard InChI is InChI=1S/C20H20ClN3OS/c1-13-5-3-6-14(2)19(13)22-12-18(25)24-20-23-11-17(26-20)10-15-7-4-8-16(21)9-15/h3-9,11,22H,10,12H2,1-2H3,(H,23,24,25). The SMILES string of the molecule is Cc1cccc(C)c1NCC(=O)Nc1ncc(Cc2cccc(Cl)c2)s1. The number of carbonyl (C=O) groups is 1. The molecule has 3 rings (SSSR count). The average Bonchev–Trinajstić information content (AvgIpc) is 3.01. The van der Waals surface area contributed by atoms with Gasteiger partial charge in [0.05, 0.1) is 6.54 Å². The number of anilines is 2. The lowest BCUT2D eigenvalue weighted by atomic mass is 10.1. The van der Waals surface area contributed by atoms with Crippen LogP contribution in [0.5, 0.6) is 0 Å². The summed E-state index contributed by atoms with van der Waals surface area (Å²) in [6.07, 6.45) is 2.54. The summed E-state index contributed by atoms with van der Waals surface area (Å²) in [5.74, 6) is -0.115. The van der Waals surface area contributed by atoms with Gasteiger partial charge in [0.2, 0.25) is 5.91 Å². The third-order valence-electron chi connectivity index (χ3n) is 3.97. The summed E-state index contributed by atoms with van der Waals surface area (Å²) in [4.78, 5) is 17.6. The highest BCUT2D eigenvalue weighted by atomic mass is 35.5. The highest BCUT2D eigenvalue weighted by molar-refractivity contribution is 7.15. The maximum atomic E-state index is 12.2. The third-order valence-corrected chi connectivity index (χ3v) is 5.12. The molecule has 0 saturated carbocycles. The summed E-state index contributed by atoms with van der Waals surface area (Å²) >= 11 is 7.49. The van der Waals surface area contributed by atoms with E-state index >= 15 is 0 Å². The normalized spacial score (nSPS) is 10.6. The molecule has 0 bridgehead atoms. The minimum absolute atomic E-state index is 0.115. The first-order valence-corrected chi connectivity index (χ1v) is 9.50. The number of para-hydroxylation sites is 1. The first kappa shape index (κ1) is 18.4. The highest BCUT2D eigenvalue weighted by Gasteiger charge is 2.09. The smallest absolute Gasteiger partial charge is 0.245 e. The van der Waals surface area contributed by atoms with Gasteiger partial charge in [0.1, 0.15) is 0 Å². The molecule has 134 valence electrons. The summed E-state index contributed by atoms with van der Waals surface area (Å²) < 4.78 is 0. The van der Waals surface area contributed by atoms with E-state index in [1.54, 1.807) is 6.20 Å². The summed E-state index contributed by atoms with van der Waals surface area (Å²) in [7, 11) is 0. The molecule has 1 heterocycles. The molecular weight excluding hydrogens is 366 g/mol. The van der Waals surface area contributed by atoms with Crippen molar-refractivity contribution in [1.82, 2.24) is 4.98 Å². The number of aryl methyl sites for hydroxylation is 2. The summed E-state index contributed by atoms with van der Waals surface area (Å²) in [5.41, 5.74) is 4.37. The Balaban J connectivity index is 1.56. The number of hydrogen-bond acceptors (Lipinski definition) is 4. The van der Waals surface area contributed by atoms with E-state index in [1.165, 1.54) is 11.3 Å². The molecular formula is C20H20ClN3OS. The summed E-state index contributed by atoms with van der Waals surface area (Å²) in [6, 6.07) is 13.8. The van der Waals surface area contributed by atoms with Crippen molar-refractivity contribution in [2.75, 3.05) is 17.2 Å². The van der Waals surface area contributed by atoms with Gasteiger partial charge in [0.15, 0.2) is 5.13 Å². The largest absolute Gasteiger partial charge is 0.376 e. The van der Waals surface area contributed by atoms with Gasteiger partial charge in [0.25, 0.3) is 0 Å². The molecule has 0 radical (unpaired) electrons. The molecule has 0 aliphatic rings. The monoisotopic (exact) mass is 385 g/mol. The van der Waals surface area contributed by atoms with Crippen LogP contribution in [0.15, 0.2) is 48.7 Å². The highest BCUT2D eigenvalue weighted by Crippen LogP contribution is 2.23. The minimum atomic E-state index is -0.115. The molecule has 4 nitrogen and oxygen atoms in total. The van der Waals surface area contributed by atoms with Crippen LogP contribution in [0.4, 0.5) is 10.8 Å². The average molecular weight is 386 g/mol. The second kappa shape index (κ2) is 8.34. The number of amides is 1. The topological polar surface area (TPSA) is 54.0 Å². The number of nitrogens with one attached hydrogen (secondary N) is 2. The van der Waals surface area contributed by atoms with Gasteiger partial charge < -0.3 is 10.6 Å². The molecule has 1 aromatic heterocycles. The van der Waals surface area contributed by atoms with Crippen LogP contribution in [0.1, 0.15) is 21.6 Å². The maximum absolute atomic E-state index is 12.2. The Labute approximate surface area is 162 Å². The van der Waals surface area contributed by atoms with Crippen LogP contribution < -0.4 is 10.6 Å². The lowest BCUT2D eigenvalue weighted by Crippen LogP contribution is -2.22. The Kier molecular flexibility index (Phi) is 5.91. The summed E-state index contributed by atoms with van der Waals surface area (Å²) in [5, 5.41) is 7.38. The fraction of sp³-hybridized carbons (Fsp3) is 0.200. The Bertz CT molecular complexity index is 903. The van der Waals surface area contributed by atoms with Gasteiger partial charge in [0, 0.05) is 28.2 Å². The van der Waals surface area contributed by atoms with E-state index < -0.39 is 0 Å². The van der Waals surface area contributed by atoms with Crippen LogP contribution in [0.2, 0.25) is 5.02 Å². The third kappa shape index (κ3) is 4.84. The fourth-order valence-corrected chi connectivity index (χ4v) is 3.80. The van der Waals surface area contributed by atoms with Crippen molar-refractivity contribution in [3.63, 3.8) is 0 Å². The molecule has 2 aromatic carbocycles. The lowest BCUT2D eigenvalue weighted by molar-refractivity contribution is -0.114. The Hall–Kier alpha value is -2.37. The zero-order chi connectivity index (χ0) is 18.5. The Morgan fingerprint density at radius 1 is 1.15 bits per heavy atom. The van der Waals surface area contributed by atoms with Crippen LogP contribution in [0, 0.1) is 13.8 Å². The quantitative estimate of drug-likeness (QED) is 0.623. The van der Waals surface area contributed by atoms with Crippen LogP contribution in [0.25, 0.3) is 0 Å². The van der Waals surface area contributed by atoms with E-state index in [-0.39, 0.29) is 12.5 Å². The van der Waals surface area contributed by atoms with E-state index in [4.69, 9.17) is 11.6 Å². The minimum Gasteiger partial charge on any atom is -0.376 e. The van der Waals surface area contributed by atoms with Crippen LogP contribution in [0.3, 0.4) is 0 Å². The van der Waals surface area contributed by atoms with Gasteiger partial charge >= 0.3 is 0 Å². The van der Waals surface area contributed by atoms with Gasteiger partial charge in [-0.3, -0.25) is 4.79 Å².